The Morgan fingerprint density at radius 2 is 1.67 bits per heavy atom. The van der Waals surface area contributed by atoms with Gasteiger partial charge in [-0.15, -0.1) is 11.3 Å². The minimum Gasteiger partial charge on any atom is -0.497 e. The van der Waals surface area contributed by atoms with E-state index in [4.69, 9.17) is 13.9 Å². The molecule has 9 nitrogen and oxygen atoms in total. The number of thiophene rings is 1. The Kier molecular flexibility index (Phi) is 9.01. The van der Waals surface area contributed by atoms with Gasteiger partial charge in [0.2, 0.25) is 11.8 Å². The standard InChI is InChI=1S/C29H29N3O6S/c1-19-8-10-20(11-9-19)27(29(35)30-17-22-6-4-12-38-22)32(21-14-23(36-2)16-24(15-21)37-3)26(33)18-31-28(34)25-7-5-13-39-25/h4-16,27H,17-18H2,1-3H3,(H,30,35)(H,31,34)/t27-/m1/s1. The van der Waals surface area contributed by atoms with Gasteiger partial charge in [0, 0.05) is 18.2 Å². The number of ether oxygens (including phenoxy) is 2. The van der Waals surface area contributed by atoms with Crippen LogP contribution in [-0.2, 0) is 16.1 Å². The van der Waals surface area contributed by atoms with Crippen LogP contribution < -0.4 is 25.0 Å². The maximum absolute atomic E-state index is 13.9. The second-order valence-corrected chi connectivity index (χ2v) is 9.55. The van der Waals surface area contributed by atoms with Gasteiger partial charge in [-0.05, 0) is 36.1 Å². The van der Waals surface area contributed by atoms with Crippen molar-refractivity contribution < 1.29 is 28.3 Å². The highest BCUT2D eigenvalue weighted by atomic mass is 32.1. The van der Waals surface area contributed by atoms with Crippen LogP contribution in [-0.4, -0.2) is 38.5 Å². The number of hydrogen-bond acceptors (Lipinski definition) is 7. The molecule has 0 aliphatic rings. The Morgan fingerprint density at radius 3 is 2.26 bits per heavy atom. The summed E-state index contributed by atoms with van der Waals surface area (Å²) in [5.74, 6) is 0.113. The molecule has 1 atom stereocenters. The van der Waals surface area contributed by atoms with Crippen molar-refractivity contribution in [3.63, 3.8) is 0 Å². The van der Waals surface area contributed by atoms with E-state index < -0.39 is 17.9 Å². The highest BCUT2D eigenvalue weighted by Gasteiger charge is 2.33. The Balaban J connectivity index is 1.74. The smallest absolute Gasteiger partial charge is 0.261 e. The molecule has 10 heteroatoms. The quantitative estimate of drug-likeness (QED) is 0.286. The third-order valence-electron chi connectivity index (χ3n) is 5.94. The van der Waals surface area contributed by atoms with Gasteiger partial charge in [0.05, 0.1) is 44.1 Å². The molecule has 0 fully saturated rings. The zero-order chi connectivity index (χ0) is 27.8. The number of furan rings is 1. The highest BCUT2D eigenvalue weighted by molar-refractivity contribution is 7.12. The second-order valence-electron chi connectivity index (χ2n) is 8.60. The van der Waals surface area contributed by atoms with E-state index in [1.807, 2.05) is 19.1 Å². The average molecular weight is 548 g/mol. The molecule has 0 saturated carbocycles. The zero-order valence-electron chi connectivity index (χ0n) is 21.8. The van der Waals surface area contributed by atoms with Crippen LogP contribution in [0.5, 0.6) is 11.5 Å². The highest BCUT2D eigenvalue weighted by Crippen LogP contribution is 2.34. The molecule has 3 amide bonds. The molecule has 0 radical (unpaired) electrons. The van der Waals surface area contributed by atoms with Crippen molar-refractivity contribution in [1.82, 2.24) is 10.6 Å². The molecular weight excluding hydrogens is 518 g/mol. The third kappa shape index (κ3) is 6.85. The molecule has 39 heavy (non-hydrogen) atoms. The Hall–Kier alpha value is -4.57. The molecular formula is C29H29N3O6S. The Morgan fingerprint density at radius 1 is 0.949 bits per heavy atom. The minimum absolute atomic E-state index is 0.132. The topological polar surface area (TPSA) is 110 Å². The van der Waals surface area contributed by atoms with E-state index in [2.05, 4.69) is 10.6 Å². The van der Waals surface area contributed by atoms with Crippen LogP contribution in [0.25, 0.3) is 0 Å². The maximum atomic E-state index is 13.9. The molecule has 0 aliphatic carbocycles. The molecule has 2 aromatic carbocycles. The van der Waals surface area contributed by atoms with Gasteiger partial charge in [-0.2, -0.15) is 0 Å². The van der Waals surface area contributed by atoms with E-state index in [1.54, 1.807) is 60.0 Å². The monoisotopic (exact) mass is 547 g/mol. The van der Waals surface area contributed by atoms with Gasteiger partial charge in [-0.3, -0.25) is 19.3 Å². The largest absolute Gasteiger partial charge is 0.497 e. The van der Waals surface area contributed by atoms with E-state index >= 15 is 0 Å². The second kappa shape index (κ2) is 12.8. The number of benzene rings is 2. The van der Waals surface area contributed by atoms with Crippen LogP contribution in [0, 0.1) is 6.92 Å². The molecule has 0 saturated heterocycles. The molecule has 4 rings (SSSR count). The van der Waals surface area contributed by atoms with E-state index in [0.717, 1.165) is 5.56 Å². The van der Waals surface area contributed by atoms with Crippen molar-refractivity contribution in [2.24, 2.45) is 0 Å². The lowest BCUT2D eigenvalue weighted by atomic mass is 10.0. The molecule has 2 aromatic heterocycles. The fourth-order valence-electron chi connectivity index (χ4n) is 3.96. The maximum Gasteiger partial charge on any atom is 0.261 e. The van der Waals surface area contributed by atoms with Crippen molar-refractivity contribution in [3.05, 3.63) is 100 Å². The van der Waals surface area contributed by atoms with Gasteiger partial charge in [0.15, 0.2) is 0 Å². The summed E-state index contributed by atoms with van der Waals surface area (Å²) in [5.41, 5.74) is 1.94. The summed E-state index contributed by atoms with van der Waals surface area (Å²) >= 11 is 1.27. The first-order chi connectivity index (χ1) is 18.9. The summed E-state index contributed by atoms with van der Waals surface area (Å²) < 4.78 is 16.2. The fourth-order valence-corrected chi connectivity index (χ4v) is 4.60. The molecule has 202 valence electrons. The lowest BCUT2D eigenvalue weighted by molar-refractivity contribution is -0.126. The summed E-state index contributed by atoms with van der Waals surface area (Å²) in [6, 6.07) is 18.1. The first kappa shape index (κ1) is 27.5. The summed E-state index contributed by atoms with van der Waals surface area (Å²) in [4.78, 5) is 42.1. The summed E-state index contributed by atoms with van der Waals surface area (Å²) in [7, 11) is 3.00. The number of nitrogens with one attached hydrogen (secondary N) is 2. The molecule has 2 N–H and O–H groups in total. The van der Waals surface area contributed by atoms with Crippen molar-refractivity contribution in [2.75, 3.05) is 25.7 Å². The number of methoxy groups -OCH3 is 2. The van der Waals surface area contributed by atoms with Gasteiger partial charge >= 0.3 is 0 Å². The predicted octanol–water partition coefficient (Wildman–Crippen LogP) is 4.49. The number of hydrogen-bond donors (Lipinski definition) is 2. The van der Waals surface area contributed by atoms with Crippen molar-refractivity contribution in [3.8, 4) is 11.5 Å². The zero-order valence-corrected chi connectivity index (χ0v) is 22.6. The van der Waals surface area contributed by atoms with Gasteiger partial charge in [-0.1, -0.05) is 35.9 Å². The number of aryl methyl sites for hydroxylation is 1. The number of rotatable bonds is 11. The number of carbonyl (C=O) groups excluding carboxylic acids is 3. The lowest BCUT2D eigenvalue weighted by Crippen LogP contribution is -2.47. The molecule has 0 spiro atoms. The van der Waals surface area contributed by atoms with E-state index in [9.17, 15) is 14.4 Å². The van der Waals surface area contributed by atoms with Crippen LogP contribution in [0.1, 0.15) is 32.6 Å². The fraction of sp³-hybridized carbons (Fsp3) is 0.207. The number of nitrogens with zero attached hydrogens (tertiary/aromatic N) is 1. The summed E-state index contributed by atoms with van der Waals surface area (Å²) in [5, 5.41) is 7.33. The van der Waals surface area contributed by atoms with Gasteiger partial charge < -0.3 is 24.5 Å². The number of anilines is 1. The van der Waals surface area contributed by atoms with Crippen LogP contribution in [0.15, 0.2) is 82.8 Å². The van der Waals surface area contributed by atoms with E-state index in [1.165, 1.54) is 36.7 Å². The third-order valence-corrected chi connectivity index (χ3v) is 6.81. The predicted molar refractivity (Wildman–Crippen MR) is 148 cm³/mol. The van der Waals surface area contributed by atoms with Gasteiger partial charge in [0.1, 0.15) is 23.3 Å². The van der Waals surface area contributed by atoms with E-state index in [-0.39, 0.29) is 19.0 Å². The lowest BCUT2D eigenvalue weighted by Gasteiger charge is -2.32. The minimum atomic E-state index is -1.08. The van der Waals surface area contributed by atoms with Gasteiger partial charge in [-0.25, -0.2) is 0 Å². The van der Waals surface area contributed by atoms with Crippen LogP contribution in [0.3, 0.4) is 0 Å². The van der Waals surface area contributed by atoms with Crippen molar-refractivity contribution >= 4 is 34.7 Å². The molecule has 4 aromatic rings. The van der Waals surface area contributed by atoms with Crippen molar-refractivity contribution in [1.29, 1.82) is 0 Å². The molecule has 0 bridgehead atoms. The first-order valence-corrected chi connectivity index (χ1v) is 13.0. The number of carbonyl (C=O) groups is 3. The number of amides is 3. The van der Waals surface area contributed by atoms with Crippen molar-refractivity contribution in [2.45, 2.75) is 19.5 Å². The normalized spacial score (nSPS) is 11.4. The molecule has 2 heterocycles. The van der Waals surface area contributed by atoms with Crippen LogP contribution in [0.4, 0.5) is 5.69 Å². The van der Waals surface area contributed by atoms with Crippen LogP contribution >= 0.6 is 11.3 Å². The molecule has 0 aliphatic heterocycles. The molecule has 0 unspecified atom stereocenters. The summed E-state index contributed by atoms with van der Waals surface area (Å²) in [6.07, 6.45) is 1.52. The average Bonchev–Trinajstić information content (AvgIpc) is 3.68. The van der Waals surface area contributed by atoms with Crippen LogP contribution in [0.2, 0.25) is 0 Å². The first-order valence-electron chi connectivity index (χ1n) is 12.1. The Labute approximate surface area is 230 Å². The SMILES string of the molecule is COc1cc(OC)cc(N(C(=O)CNC(=O)c2cccs2)[C@@H](C(=O)NCc2ccco2)c2ccc(C)cc2)c1. The van der Waals surface area contributed by atoms with E-state index in [0.29, 0.717) is 33.4 Å². The van der Waals surface area contributed by atoms with Gasteiger partial charge in [0.25, 0.3) is 5.91 Å². The Bertz CT molecular complexity index is 1380. The summed E-state index contributed by atoms with van der Waals surface area (Å²) in [6.45, 7) is 1.72.